The monoisotopic (exact) mass is 356 g/mol. The standard InChI is InChI=1S/C19H20N2O5/c1-21(14-8-10-16-17(11-14)26-12-25-16)18(22)15(20-19(23)24)9-7-13-5-3-2-4-6-13/h2-6,8,10-11,15,20H,7,9,12H2,1H3,(H,23,24). The number of anilines is 1. The fourth-order valence-corrected chi connectivity index (χ4v) is 2.82. The average Bonchev–Trinajstić information content (AvgIpc) is 3.12. The summed E-state index contributed by atoms with van der Waals surface area (Å²) in [7, 11) is 1.61. The van der Waals surface area contributed by atoms with E-state index in [0.29, 0.717) is 30.0 Å². The second kappa shape index (κ2) is 7.77. The second-order valence-electron chi connectivity index (χ2n) is 5.96. The number of ether oxygens (including phenoxy) is 2. The number of hydrogen-bond donors (Lipinski definition) is 2. The van der Waals surface area contributed by atoms with Crippen molar-refractivity contribution >= 4 is 17.7 Å². The van der Waals surface area contributed by atoms with Crippen molar-refractivity contribution in [1.29, 1.82) is 0 Å². The molecule has 3 rings (SSSR count). The van der Waals surface area contributed by atoms with Crippen LogP contribution < -0.4 is 19.7 Å². The summed E-state index contributed by atoms with van der Waals surface area (Å²) in [5, 5.41) is 11.4. The number of rotatable bonds is 6. The Balaban J connectivity index is 1.72. The summed E-state index contributed by atoms with van der Waals surface area (Å²) in [6.45, 7) is 0.150. The molecule has 1 unspecified atom stereocenters. The summed E-state index contributed by atoms with van der Waals surface area (Å²) in [6, 6.07) is 14.0. The number of nitrogens with zero attached hydrogens (tertiary/aromatic N) is 1. The van der Waals surface area contributed by atoms with E-state index in [1.165, 1.54) is 4.90 Å². The molecule has 0 fully saturated rings. The molecule has 136 valence electrons. The van der Waals surface area contributed by atoms with Crippen LogP contribution in [-0.4, -0.2) is 37.0 Å². The molecule has 2 amide bonds. The number of aryl methyl sites for hydroxylation is 1. The van der Waals surface area contributed by atoms with E-state index in [2.05, 4.69) is 5.32 Å². The molecule has 1 atom stereocenters. The molecule has 2 N–H and O–H groups in total. The Bertz CT molecular complexity index is 794. The summed E-state index contributed by atoms with van der Waals surface area (Å²) >= 11 is 0. The van der Waals surface area contributed by atoms with E-state index < -0.39 is 12.1 Å². The fraction of sp³-hybridized carbons (Fsp3) is 0.263. The Morgan fingerprint density at radius 1 is 1.15 bits per heavy atom. The molecule has 0 saturated heterocycles. The molecular formula is C19H20N2O5. The topological polar surface area (TPSA) is 88.1 Å². The number of hydrogen-bond acceptors (Lipinski definition) is 4. The summed E-state index contributed by atoms with van der Waals surface area (Å²) in [4.78, 5) is 25.4. The lowest BCUT2D eigenvalue weighted by atomic mass is 10.0. The van der Waals surface area contributed by atoms with Crippen LogP contribution in [0.4, 0.5) is 10.5 Å². The number of benzene rings is 2. The Morgan fingerprint density at radius 2 is 1.88 bits per heavy atom. The van der Waals surface area contributed by atoms with Gasteiger partial charge in [-0.1, -0.05) is 30.3 Å². The van der Waals surface area contributed by atoms with Crippen LogP contribution in [0, 0.1) is 0 Å². The zero-order chi connectivity index (χ0) is 18.5. The highest BCUT2D eigenvalue weighted by Gasteiger charge is 2.25. The molecule has 7 nitrogen and oxygen atoms in total. The van der Waals surface area contributed by atoms with Gasteiger partial charge in [-0.3, -0.25) is 4.79 Å². The second-order valence-corrected chi connectivity index (χ2v) is 5.96. The lowest BCUT2D eigenvalue weighted by molar-refractivity contribution is -0.120. The number of likely N-dealkylation sites (N-methyl/N-ethyl adjacent to an activating group) is 1. The van der Waals surface area contributed by atoms with Crippen molar-refractivity contribution in [3.63, 3.8) is 0 Å². The van der Waals surface area contributed by atoms with Crippen LogP contribution in [0.3, 0.4) is 0 Å². The number of nitrogens with one attached hydrogen (secondary N) is 1. The fourth-order valence-electron chi connectivity index (χ4n) is 2.82. The Kier molecular flexibility index (Phi) is 5.26. The van der Waals surface area contributed by atoms with E-state index in [4.69, 9.17) is 14.6 Å². The molecule has 2 aromatic rings. The molecule has 0 bridgehead atoms. The predicted molar refractivity (Wildman–Crippen MR) is 95.7 cm³/mol. The molecule has 1 aliphatic rings. The van der Waals surface area contributed by atoms with Gasteiger partial charge in [0.1, 0.15) is 6.04 Å². The first-order valence-corrected chi connectivity index (χ1v) is 8.25. The van der Waals surface area contributed by atoms with Crippen molar-refractivity contribution in [2.45, 2.75) is 18.9 Å². The molecule has 1 aliphatic heterocycles. The van der Waals surface area contributed by atoms with Crippen molar-refractivity contribution in [3.05, 3.63) is 54.1 Å². The van der Waals surface area contributed by atoms with E-state index >= 15 is 0 Å². The number of amides is 2. The first kappa shape index (κ1) is 17.6. The van der Waals surface area contributed by atoms with Gasteiger partial charge in [-0.25, -0.2) is 4.79 Å². The Morgan fingerprint density at radius 3 is 2.62 bits per heavy atom. The van der Waals surface area contributed by atoms with Gasteiger partial charge in [0.2, 0.25) is 12.7 Å². The SMILES string of the molecule is CN(C(=O)C(CCc1ccccc1)NC(=O)O)c1ccc2c(c1)OCO2. The van der Waals surface area contributed by atoms with Crippen molar-refractivity contribution in [2.24, 2.45) is 0 Å². The van der Waals surface area contributed by atoms with E-state index in [-0.39, 0.29) is 12.7 Å². The lowest BCUT2D eigenvalue weighted by Crippen LogP contribution is -2.47. The van der Waals surface area contributed by atoms with Gasteiger partial charge >= 0.3 is 6.09 Å². The van der Waals surface area contributed by atoms with Crippen LogP contribution in [0.1, 0.15) is 12.0 Å². The Hall–Kier alpha value is -3.22. The highest BCUT2D eigenvalue weighted by molar-refractivity contribution is 5.98. The third-order valence-electron chi connectivity index (χ3n) is 4.23. The van der Waals surface area contributed by atoms with Crippen LogP contribution in [-0.2, 0) is 11.2 Å². The van der Waals surface area contributed by atoms with Crippen LogP contribution in [0.15, 0.2) is 48.5 Å². The highest BCUT2D eigenvalue weighted by atomic mass is 16.7. The summed E-state index contributed by atoms with van der Waals surface area (Å²) in [5.41, 5.74) is 1.65. The molecule has 1 heterocycles. The molecular weight excluding hydrogens is 336 g/mol. The van der Waals surface area contributed by atoms with Gasteiger partial charge in [0.15, 0.2) is 11.5 Å². The van der Waals surface area contributed by atoms with Crippen LogP contribution in [0.5, 0.6) is 11.5 Å². The first-order chi connectivity index (χ1) is 12.5. The third-order valence-corrected chi connectivity index (χ3v) is 4.23. The van der Waals surface area contributed by atoms with Gasteiger partial charge in [-0.05, 0) is 30.5 Å². The van der Waals surface area contributed by atoms with Gasteiger partial charge in [-0.15, -0.1) is 0 Å². The van der Waals surface area contributed by atoms with Gasteiger partial charge in [0, 0.05) is 18.8 Å². The molecule has 0 aromatic heterocycles. The zero-order valence-corrected chi connectivity index (χ0v) is 14.3. The number of fused-ring (bicyclic) bond motifs is 1. The molecule has 0 saturated carbocycles. The maximum absolute atomic E-state index is 12.8. The smallest absolute Gasteiger partial charge is 0.405 e. The van der Waals surface area contributed by atoms with Crippen molar-refractivity contribution < 1.29 is 24.2 Å². The van der Waals surface area contributed by atoms with E-state index in [0.717, 1.165) is 5.56 Å². The number of carbonyl (C=O) groups is 2. The summed E-state index contributed by atoms with van der Waals surface area (Å²) in [5.74, 6) is 0.857. The largest absolute Gasteiger partial charge is 0.465 e. The molecule has 7 heteroatoms. The van der Waals surface area contributed by atoms with E-state index in [1.54, 1.807) is 25.2 Å². The first-order valence-electron chi connectivity index (χ1n) is 8.25. The minimum Gasteiger partial charge on any atom is -0.465 e. The van der Waals surface area contributed by atoms with Crippen LogP contribution in [0.2, 0.25) is 0 Å². The molecule has 2 aromatic carbocycles. The minimum absolute atomic E-state index is 0.150. The average molecular weight is 356 g/mol. The predicted octanol–water partition coefficient (Wildman–Crippen LogP) is 2.65. The lowest BCUT2D eigenvalue weighted by Gasteiger charge is -2.24. The van der Waals surface area contributed by atoms with Gasteiger partial charge in [0.05, 0.1) is 0 Å². The zero-order valence-electron chi connectivity index (χ0n) is 14.3. The summed E-state index contributed by atoms with van der Waals surface area (Å²) in [6.07, 6.45) is -0.271. The van der Waals surface area contributed by atoms with Gasteiger partial charge in [-0.2, -0.15) is 0 Å². The van der Waals surface area contributed by atoms with Gasteiger partial charge in [0.25, 0.3) is 0 Å². The van der Waals surface area contributed by atoms with E-state index in [9.17, 15) is 9.59 Å². The maximum Gasteiger partial charge on any atom is 0.405 e. The van der Waals surface area contributed by atoms with Crippen molar-refractivity contribution in [3.8, 4) is 11.5 Å². The minimum atomic E-state index is -1.23. The van der Waals surface area contributed by atoms with Crippen molar-refractivity contribution in [2.75, 3.05) is 18.7 Å². The molecule has 0 aliphatic carbocycles. The van der Waals surface area contributed by atoms with Gasteiger partial charge < -0.3 is 24.8 Å². The summed E-state index contributed by atoms with van der Waals surface area (Å²) < 4.78 is 10.6. The molecule has 0 spiro atoms. The quantitative estimate of drug-likeness (QED) is 0.831. The van der Waals surface area contributed by atoms with E-state index in [1.807, 2.05) is 30.3 Å². The highest BCUT2D eigenvalue weighted by Crippen LogP contribution is 2.35. The van der Waals surface area contributed by atoms with Crippen LogP contribution >= 0.6 is 0 Å². The number of carbonyl (C=O) groups excluding carboxylic acids is 1. The normalized spacial score (nSPS) is 13.1. The molecule has 26 heavy (non-hydrogen) atoms. The molecule has 0 radical (unpaired) electrons. The maximum atomic E-state index is 12.8. The number of carboxylic acid groups (broad SMARTS) is 1. The van der Waals surface area contributed by atoms with Crippen molar-refractivity contribution in [1.82, 2.24) is 5.32 Å². The third kappa shape index (κ3) is 4.05. The van der Waals surface area contributed by atoms with Crippen LogP contribution in [0.25, 0.3) is 0 Å². The Labute approximate surface area is 151 Å².